The molecule has 8 nitrogen and oxygen atoms in total. The van der Waals surface area contributed by atoms with E-state index in [0.717, 1.165) is 0 Å². The first kappa shape index (κ1) is 16.5. The third-order valence-corrected chi connectivity index (χ3v) is 4.46. The molecule has 0 aliphatic carbocycles. The van der Waals surface area contributed by atoms with Gasteiger partial charge in [-0.2, -0.15) is 0 Å². The third-order valence-electron chi connectivity index (χ3n) is 2.29. The van der Waals surface area contributed by atoms with Crippen molar-refractivity contribution in [1.82, 2.24) is 10.0 Å². The Morgan fingerprint density at radius 3 is 2.60 bits per heavy atom. The van der Waals surface area contributed by atoms with Crippen LogP contribution in [0.15, 0.2) is 21.5 Å². The summed E-state index contributed by atoms with van der Waals surface area (Å²) in [6, 6.07) is 2.02. The highest BCUT2D eigenvalue weighted by atomic mass is 79.9. The zero-order valence-corrected chi connectivity index (χ0v) is 13.0. The molecular formula is C10H15BrN4O4S. The number of urea groups is 1. The number of nitrogens with one attached hydrogen (secondary N) is 2. The van der Waals surface area contributed by atoms with Crippen molar-refractivity contribution < 1.29 is 17.9 Å². The number of nitrogens with two attached hydrogens (primary N) is 2. The van der Waals surface area contributed by atoms with Crippen LogP contribution >= 0.6 is 15.9 Å². The first-order chi connectivity index (χ1) is 9.27. The van der Waals surface area contributed by atoms with Crippen LogP contribution in [-0.2, 0) is 10.0 Å². The zero-order valence-electron chi connectivity index (χ0n) is 10.6. The molecule has 0 aliphatic heterocycles. The van der Waals surface area contributed by atoms with Gasteiger partial charge in [0.25, 0.3) is 0 Å². The standard InChI is InChI=1S/C10H15BrN4O4S/c1-19-8-4-6(11)7(12)5-9(8)20(17,18)15-3-2-14-10(13)16/h4-5,15H,2-3,12H2,1H3,(H3,13,14,16). The number of primary amides is 1. The van der Waals surface area contributed by atoms with E-state index in [9.17, 15) is 13.2 Å². The summed E-state index contributed by atoms with van der Waals surface area (Å²) in [5.41, 5.74) is 10.8. The summed E-state index contributed by atoms with van der Waals surface area (Å²) < 4.78 is 32.1. The van der Waals surface area contributed by atoms with Crippen LogP contribution in [0.25, 0.3) is 0 Å². The lowest BCUT2D eigenvalue weighted by atomic mass is 10.3. The molecule has 1 rings (SSSR count). The number of amides is 2. The Morgan fingerprint density at radius 2 is 2.05 bits per heavy atom. The fourth-order valence-corrected chi connectivity index (χ4v) is 2.91. The van der Waals surface area contributed by atoms with E-state index < -0.39 is 16.1 Å². The van der Waals surface area contributed by atoms with E-state index in [4.69, 9.17) is 16.2 Å². The summed E-state index contributed by atoms with van der Waals surface area (Å²) in [6.07, 6.45) is 0. The van der Waals surface area contributed by atoms with E-state index in [1.807, 2.05) is 0 Å². The van der Waals surface area contributed by atoms with Gasteiger partial charge in [-0.05, 0) is 28.1 Å². The largest absolute Gasteiger partial charge is 0.495 e. The number of halogens is 1. The minimum Gasteiger partial charge on any atom is -0.495 e. The number of sulfonamides is 1. The molecule has 0 saturated carbocycles. The van der Waals surface area contributed by atoms with E-state index in [1.54, 1.807) is 0 Å². The van der Waals surface area contributed by atoms with Crippen LogP contribution in [0.4, 0.5) is 10.5 Å². The highest BCUT2D eigenvalue weighted by molar-refractivity contribution is 9.10. The van der Waals surface area contributed by atoms with Gasteiger partial charge in [0.1, 0.15) is 10.6 Å². The number of anilines is 1. The van der Waals surface area contributed by atoms with Gasteiger partial charge in [0.15, 0.2) is 0 Å². The Balaban J connectivity index is 2.92. The SMILES string of the molecule is COc1cc(Br)c(N)cc1S(=O)(=O)NCCNC(N)=O. The summed E-state index contributed by atoms with van der Waals surface area (Å²) in [6.45, 7) is 0.0628. The molecule has 1 aromatic rings. The fourth-order valence-electron chi connectivity index (χ4n) is 1.37. The van der Waals surface area contributed by atoms with Gasteiger partial charge < -0.3 is 21.5 Å². The topological polar surface area (TPSA) is 137 Å². The van der Waals surface area contributed by atoms with Crippen LogP contribution in [0.2, 0.25) is 0 Å². The smallest absolute Gasteiger partial charge is 0.312 e. The maximum Gasteiger partial charge on any atom is 0.312 e. The van der Waals surface area contributed by atoms with Crippen LogP contribution < -0.4 is 26.2 Å². The van der Waals surface area contributed by atoms with E-state index in [0.29, 0.717) is 4.47 Å². The predicted molar refractivity (Wildman–Crippen MR) is 77.9 cm³/mol. The van der Waals surface area contributed by atoms with Crippen molar-refractivity contribution in [3.63, 3.8) is 0 Å². The Morgan fingerprint density at radius 1 is 1.40 bits per heavy atom. The Kier molecular flexibility index (Phi) is 5.60. The third kappa shape index (κ3) is 4.25. The average molecular weight is 367 g/mol. The molecule has 0 fully saturated rings. The second-order valence-corrected chi connectivity index (χ2v) is 6.30. The second-order valence-electron chi connectivity index (χ2n) is 3.71. The molecule has 0 atom stereocenters. The van der Waals surface area contributed by atoms with E-state index in [2.05, 4.69) is 26.0 Å². The van der Waals surface area contributed by atoms with Gasteiger partial charge in [0.05, 0.1) is 7.11 Å². The predicted octanol–water partition coefficient (Wildman–Crippen LogP) is -0.0135. The number of hydrogen-bond acceptors (Lipinski definition) is 5. The van der Waals surface area contributed by atoms with Gasteiger partial charge in [0.2, 0.25) is 10.0 Å². The van der Waals surface area contributed by atoms with Crippen LogP contribution in [-0.4, -0.2) is 34.6 Å². The molecule has 0 saturated heterocycles. The molecule has 1 aromatic carbocycles. The summed E-state index contributed by atoms with van der Waals surface area (Å²) >= 11 is 3.19. The molecule has 0 radical (unpaired) electrons. The average Bonchev–Trinajstić information content (AvgIpc) is 2.37. The number of carbonyl (C=O) groups is 1. The lowest BCUT2D eigenvalue weighted by molar-refractivity contribution is 0.249. The summed E-state index contributed by atoms with van der Waals surface area (Å²) in [4.78, 5) is 10.4. The van der Waals surface area contributed by atoms with Gasteiger partial charge in [-0.25, -0.2) is 17.9 Å². The molecule has 6 N–H and O–H groups in total. The van der Waals surface area contributed by atoms with Gasteiger partial charge >= 0.3 is 6.03 Å². The minimum absolute atomic E-state index is 0.00953. The molecule has 112 valence electrons. The van der Waals surface area contributed by atoms with Crippen LogP contribution in [0.1, 0.15) is 0 Å². The molecule has 0 aromatic heterocycles. The Bertz CT molecular complexity index is 606. The van der Waals surface area contributed by atoms with Crippen molar-refractivity contribution in [2.24, 2.45) is 5.73 Å². The molecular weight excluding hydrogens is 352 g/mol. The maximum absolute atomic E-state index is 12.1. The van der Waals surface area contributed by atoms with E-state index in [1.165, 1.54) is 19.2 Å². The molecule has 20 heavy (non-hydrogen) atoms. The van der Waals surface area contributed by atoms with Gasteiger partial charge in [0, 0.05) is 23.2 Å². The molecule has 10 heteroatoms. The molecule has 0 heterocycles. The Labute approximate surface area is 125 Å². The number of hydrogen-bond donors (Lipinski definition) is 4. The van der Waals surface area contributed by atoms with Crippen molar-refractivity contribution in [2.75, 3.05) is 25.9 Å². The van der Waals surface area contributed by atoms with Crippen molar-refractivity contribution in [2.45, 2.75) is 4.90 Å². The highest BCUT2D eigenvalue weighted by Crippen LogP contribution is 2.32. The quantitative estimate of drug-likeness (QED) is 0.414. The zero-order chi connectivity index (χ0) is 15.3. The molecule has 0 unspecified atom stereocenters. The molecule has 2 amide bonds. The normalized spacial score (nSPS) is 11.1. The monoisotopic (exact) mass is 366 g/mol. The van der Waals surface area contributed by atoms with Crippen molar-refractivity contribution >= 4 is 37.7 Å². The first-order valence-corrected chi connectivity index (χ1v) is 7.71. The number of rotatable bonds is 6. The van der Waals surface area contributed by atoms with Gasteiger partial charge in [-0.3, -0.25) is 0 Å². The van der Waals surface area contributed by atoms with Crippen LogP contribution in [0.5, 0.6) is 5.75 Å². The summed E-state index contributed by atoms with van der Waals surface area (Å²) in [5, 5.41) is 2.27. The number of benzene rings is 1. The minimum atomic E-state index is -3.81. The Hall–Kier alpha value is -1.52. The lowest BCUT2D eigenvalue weighted by Crippen LogP contribution is -2.37. The van der Waals surface area contributed by atoms with Gasteiger partial charge in [-0.15, -0.1) is 0 Å². The van der Waals surface area contributed by atoms with E-state index >= 15 is 0 Å². The molecule has 0 bridgehead atoms. The fraction of sp³-hybridized carbons (Fsp3) is 0.300. The summed E-state index contributed by atoms with van der Waals surface area (Å²) in [7, 11) is -2.46. The van der Waals surface area contributed by atoms with Gasteiger partial charge in [-0.1, -0.05) is 0 Å². The lowest BCUT2D eigenvalue weighted by Gasteiger charge is -2.12. The number of nitrogen functional groups attached to an aromatic ring is 1. The maximum atomic E-state index is 12.1. The molecule has 0 spiro atoms. The number of methoxy groups -OCH3 is 1. The number of ether oxygens (including phenoxy) is 1. The van der Waals surface area contributed by atoms with Crippen molar-refractivity contribution in [1.29, 1.82) is 0 Å². The van der Waals surface area contributed by atoms with Crippen molar-refractivity contribution in [3.05, 3.63) is 16.6 Å². The summed E-state index contributed by atoms with van der Waals surface area (Å²) in [5.74, 6) is 0.154. The van der Waals surface area contributed by atoms with Crippen molar-refractivity contribution in [3.8, 4) is 5.75 Å². The highest BCUT2D eigenvalue weighted by Gasteiger charge is 2.20. The van der Waals surface area contributed by atoms with Crippen LogP contribution in [0.3, 0.4) is 0 Å². The number of carbonyl (C=O) groups excluding carboxylic acids is 1. The van der Waals surface area contributed by atoms with E-state index in [-0.39, 0.29) is 29.4 Å². The second kappa shape index (κ2) is 6.77. The first-order valence-electron chi connectivity index (χ1n) is 5.44. The van der Waals surface area contributed by atoms with Crippen LogP contribution in [0, 0.1) is 0 Å². The molecule has 0 aliphatic rings.